The van der Waals surface area contributed by atoms with Crippen LogP contribution < -0.4 is 5.32 Å². The Morgan fingerprint density at radius 2 is 2.18 bits per heavy atom. The normalized spacial score (nSPS) is 9.35. The quantitative estimate of drug-likeness (QED) is 0.775. The molecule has 0 saturated carbocycles. The van der Waals surface area contributed by atoms with Gasteiger partial charge in [0, 0.05) is 11.3 Å². The number of nitrogens with one attached hydrogen (secondary N) is 1. The van der Waals surface area contributed by atoms with Gasteiger partial charge in [-0.25, -0.2) is 0 Å². The SMILES string of the molecule is C#Cc1cccc(NC(=O)CSCC(=O)O)c1. The molecule has 0 aliphatic rings. The molecule has 1 rings (SSSR count). The van der Waals surface area contributed by atoms with Gasteiger partial charge in [0.15, 0.2) is 0 Å². The lowest BCUT2D eigenvalue weighted by Crippen LogP contribution is -2.15. The predicted octanol–water partition coefficient (Wildman–Crippen LogP) is 1.42. The summed E-state index contributed by atoms with van der Waals surface area (Å²) in [7, 11) is 0. The Labute approximate surface area is 103 Å². The molecule has 0 fully saturated rings. The van der Waals surface area contributed by atoms with Crippen LogP contribution in [0.15, 0.2) is 24.3 Å². The summed E-state index contributed by atoms with van der Waals surface area (Å²) in [5, 5.41) is 11.1. The minimum atomic E-state index is -0.933. The summed E-state index contributed by atoms with van der Waals surface area (Å²) in [5.74, 6) is 1.30. The minimum Gasteiger partial charge on any atom is -0.481 e. The lowest BCUT2D eigenvalue weighted by Gasteiger charge is -2.04. The fourth-order valence-electron chi connectivity index (χ4n) is 1.11. The monoisotopic (exact) mass is 249 g/mol. The molecule has 4 nitrogen and oxygen atoms in total. The Balaban J connectivity index is 2.45. The molecule has 0 radical (unpaired) electrons. The Hall–Kier alpha value is -1.93. The second kappa shape index (κ2) is 6.61. The maximum absolute atomic E-state index is 11.4. The molecule has 0 aliphatic carbocycles. The summed E-state index contributed by atoms with van der Waals surface area (Å²) in [6.45, 7) is 0. The lowest BCUT2D eigenvalue weighted by atomic mass is 10.2. The van der Waals surface area contributed by atoms with Crippen LogP contribution in [0.5, 0.6) is 0 Å². The number of carboxylic acids is 1. The Morgan fingerprint density at radius 1 is 1.41 bits per heavy atom. The van der Waals surface area contributed by atoms with Crippen molar-refractivity contribution in [2.75, 3.05) is 16.8 Å². The van der Waals surface area contributed by atoms with E-state index in [1.54, 1.807) is 24.3 Å². The smallest absolute Gasteiger partial charge is 0.313 e. The van der Waals surface area contributed by atoms with Gasteiger partial charge < -0.3 is 10.4 Å². The highest BCUT2D eigenvalue weighted by Crippen LogP contribution is 2.10. The number of benzene rings is 1. The predicted molar refractivity (Wildman–Crippen MR) is 68.0 cm³/mol. The lowest BCUT2D eigenvalue weighted by molar-refractivity contribution is -0.133. The molecule has 2 N–H and O–H groups in total. The van der Waals surface area contributed by atoms with Crippen molar-refractivity contribution in [1.82, 2.24) is 0 Å². The Kier molecular flexibility index (Phi) is 5.11. The highest BCUT2D eigenvalue weighted by atomic mass is 32.2. The van der Waals surface area contributed by atoms with E-state index in [1.165, 1.54) is 0 Å². The van der Waals surface area contributed by atoms with Crippen LogP contribution in [0.4, 0.5) is 5.69 Å². The molecule has 0 spiro atoms. The summed E-state index contributed by atoms with van der Waals surface area (Å²) >= 11 is 1.05. The Bertz CT molecular complexity index is 465. The van der Waals surface area contributed by atoms with E-state index in [-0.39, 0.29) is 17.4 Å². The molecule has 5 heteroatoms. The van der Waals surface area contributed by atoms with Gasteiger partial charge in [0.1, 0.15) is 0 Å². The van der Waals surface area contributed by atoms with Gasteiger partial charge in [-0.3, -0.25) is 9.59 Å². The highest BCUT2D eigenvalue weighted by molar-refractivity contribution is 8.00. The van der Waals surface area contributed by atoms with Gasteiger partial charge in [-0.15, -0.1) is 18.2 Å². The average molecular weight is 249 g/mol. The average Bonchev–Trinajstić information content (AvgIpc) is 2.28. The molecule has 1 aromatic carbocycles. The van der Waals surface area contributed by atoms with Crippen molar-refractivity contribution >= 4 is 29.3 Å². The van der Waals surface area contributed by atoms with E-state index in [2.05, 4.69) is 11.2 Å². The zero-order chi connectivity index (χ0) is 12.7. The third-order valence-electron chi connectivity index (χ3n) is 1.77. The van der Waals surface area contributed by atoms with Crippen molar-refractivity contribution in [2.45, 2.75) is 0 Å². The number of carbonyl (C=O) groups excluding carboxylic acids is 1. The largest absolute Gasteiger partial charge is 0.481 e. The third-order valence-corrected chi connectivity index (χ3v) is 2.69. The van der Waals surface area contributed by atoms with Crippen LogP contribution >= 0.6 is 11.8 Å². The van der Waals surface area contributed by atoms with Gasteiger partial charge in [-0.1, -0.05) is 12.0 Å². The highest BCUT2D eigenvalue weighted by Gasteiger charge is 2.04. The molecule has 1 aromatic rings. The van der Waals surface area contributed by atoms with Crippen LogP contribution in [0, 0.1) is 12.3 Å². The first kappa shape index (κ1) is 13.1. The fraction of sp³-hybridized carbons (Fsp3) is 0.167. The van der Waals surface area contributed by atoms with Gasteiger partial charge in [-0.05, 0) is 18.2 Å². The topological polar surface area (TPSA) is 66.4 Å². The van der Waals surface area contributed by atoms with Crippen molar-refractivity contribution < 1.29 is 14.7 Å². The van der Waals surface area contributed by atoms with E-state index in [9.17, 15) is 9.59 Å². The Morgan fingerprint density at radius 3 is 2.82 bits per heavy atom. The molecule has 0 saturated heterocycles. The van der Waals surface area contributed by atoms with E-state index >= 15 is 0 Å². The third kappa shape index (κ3) is 5.09. The number of amides is 1. The maximum atomic E-state index is 11.4. The molecule has 0 aliphatic heterocycles. The summed E-state index contributed by atoms with van der Waals surface area (Å²) in [4.78, 5) is 21.7. The van der Waals surface area contributed by atoms with Crippen LogP contribution in [0.2, 0.25) is 0 Å². The van der Waals surface area contributed by atoms with Gasteiger partial charge in [0.2, 0.25) is 5.91 Å². The van der Waals surface area contributed by atoms with Gasteiger partial charge in [-0.2, -0.15) is 0 Å². The number of aliphatic carboxylic acids is 1. The van der Waals surface area contributed by atoms with Crippen molar-refractivity contribution in [3.8, 4) is 12.3 Å². The van der Waals surface area contributed by atoms with E-state index in [0.29, 0.717) is 11.3 Å². The molecule has 17 heavy (non-hydrogen) atoms. The van der Waals surface area contributed by atoms with Crippen LogP contribution in [0.25, 0.3) is 0 Å². The summed E-state index contributed by atoms with van der Waals surface area (Å²) in [6.07, 6.45) is 5.23. The van der Waals surface area contributed by atoms with E-state index in [0.717, 1.165) is 11.8 Å². The van der Waals surface area contributed by atoms with Crippen molar-refractivity contribution in [2.24, 2.45) is 0 Å². The summed E-state index contributed by atoms with van der Waals surface area (Å²) in [6, 6.07) is 6.91. The van der Waals surface area contributed by atoms with Gasteiger partial charge >= 0.3 is 5.97 Å². The summed E-state index contributed by atoms with van der Waals surface area (Å²) in [5.41, 5.74) is 1.29. The first-order valence-corrected chi connectivity index (χ1v) is 5.93. The van der Waals surface area contributed by atoms with Crippen molar-refractivity contribution in [3.63, 3.8) is 0 Å². The second-order valence-electron chi connectivity index (χ2n) is 3.16. The molecule has 0 heterocycles. The zero-order valence-corrected chi connectivity index (χ0v) is 9.79. The van der Waals surface area contributed by atoms with Crippen LogP contribution in [0.1, 0.15) is 5.56 Å². The van der Waals surface area contributed by atoms with E-state index in [4.69, 9.17) is 11.5 Å². The summed E-state index contributed by atoms with van der Waals surface area (Å²) < 4.78 is 0. The molecule has 0 unspecified atom stereocenters. The van der Waals surface area contributed by atoms with Crippen LogP contribution in [0.3, 0.4) is 0 Å². The van der Waals surface area contributed by atoms with Crippen LogP contribution in [-0.2, 0) is 9.59 Å². The number of carboxylic acid groups (broad SMARTS) is 1. The minimum absolute atomic E-state index is 0.0855. The number of rotatable bonds is 5. The number of hydrogen-bond acceptors (Lipinski definition) is 3. The number of terminal acetylenes is 1. The zero-order valence-electron chi connectivity index (χ0n) is 8.97. The van der Waals surface area contributed by atoms with Crippen LogP contribution in [-0.4, -0.2) is 28.5 Å². The van der Waals surface area contributed by atoms with Crippen molar-refractivity contribution in [3.05, 3.63) is 29.8 Å². The van der Waals surface area contributed by atoms with Gasteiger partial charge in [0.25, 0.3) is 0 Å². The first-order valence-electron chi connectivity index (χ1n) is 4.78. The molecule has 0 bridgehead atoms. The van der Waals surface area contributed by atoms with Crippen molar-refractivity contribution in [1.29, 1.82) is 0 Å². The first-order chi connectivity index (χ1) is 8.11. The van der Waals surface area contributed by atoms with E-state index in [1.807, 2.05) is 0 Å². The molecular weight excluding hydrogens is 238 g/mol. The molecule has 88 valence electrons. The second-order valence-corrected chi connectivity index (χ2v) is 4.15. The number of hydrogen-bond donors (Lipinski definition) is 2. The standard InChI is InChI=1S/C12H11NO3S/c1-2-9-4-3-5-10(6-9)13-11(14)7-17-8-12(15)16/h1,3-6H,7-8H2,(H,13,14)(H,15,16). The molecule has 0 atom stereocenters. The molecular formula is C12H11NO3S. The van der Waals surface area contributed by atoms with E-state index < -0.39 is 5.97 Å². The number of thioether (sulfide) groups is 1. The maximum Gasteiger partial charge on any atom is 0.313 e. The number of anilines is 1. The molecule has 0 aromatic heterocycles. The van der Waals surface area contributed by atoms with Gasteiger partial charge in [0.05, 0.1) is 11.5 Å². The number of carbonyl (C=O) groups is 2. The molecule has 1 amide bonds. The fourth-order valence-corrected chi connectivity index (χ4v) is 1.65.